The van der Waals surface area contributed by atoms with Crippen molar-refractivity contribution in [1.82, 2.24) is 15.2 Å². The average molecular weight is 921 g/mol. The lowest BCUT2D eigenvalue weighted by molar-refractivity contribution is -0.274. The smallest absolute Gasteiger partial charge is 0.406 e. The van der Waals surface area contributed by atoms with Gasteiger partial charge in [0.25, 0.3) is 12.3 Å². The van der Waals surface area contributed by atoms with Crippen LogP contribution in [0.5, 0.6) is 5.75 Å². The molecule has 0 aliphatic carbocycles. The van der Waals surface area contributed by atoms with Gasteiger partial charge >= 0.3 is 18.6 Å². The minimum absolute atomic E-state index is 0.0246. The molecule has 0 saturated heterocycles. The Kier molecular flexibility index (Phi) is 15.1. The zero-order valence-electron chi connectivity index (χ0n) is 31.9. The molecule has 0 radical (unpaired) electrons. The van der Waals surface area contributed by atoms with E-state index in [1.165, 1.54) is 61.8 Å². The zero-order chi connectivity index (χ0) is 46.1. The van der Waals surface area contributed by atoms with E-state index >= 15 is 0 Å². The maximum atomic E-state index is 13.8. The number of hydrogen-bond donors (Lipinski definition) is 3. The van der Waals surface area contributed by atoms with Gasteiger partial charge in [-0.1, -0.05) is 53.5 Å². The summed E-state index contributed by atoms with van der Waals surface area (Å²) in [6.45, 7) is 0. The summed E-state index contributed by atoms with van der Waals surface area (Å²) in [4.78, 5) is 24.8. The van der Waals surface area contributed by atoms with E-state index in [4.69, 9.17) is 28.5 Å². The van der Waals surface area contributed by atoms with E-state index in [9.17, 15) is 49.1 Å². The molecule has 0 aliphatic rings. The molecular formula is C42H28Cl2F9N7O3. The Hall–Kier alpha value is -7.04. The number of aromatic nitrogens is 2. The molecule has 0 bridgehead atoms. The first-order valence-electron chi connectivity index (χ1n) is 17.7. The van der Waals surface area contributed by atoms with E-state index in [2.05, 4.69) is 31.0 Å². The molecule has 5 aromatic carbocycles. The molecule has 0 aliphatic heterocycles. The molecule has 0 spiro atoms. The van der Waals surface area contributed by atoms with Crippen LogP contribution in [-0.2, 0) is 19.6 Å². The summed E-state index contributed by atoms with van der Waals surface area (Å²) in [5.41, 5.74) is 2.74. The highest BCUT2D eigenvalue weighted by Crippen LogP contribution is 2.34. The molecule has 326 valence electrons. The van der Waals surface area contributed by atoms with Gasteiger partial charge in [-0.15, -0.1) is 13.2 Å². The van der Waals surface area contributed by atoms with Crippen molar-refractivity contribution in [2.75, 3.05) is 10.6 Å². The van der Waals surface area contributed by atoms with Crippen LogP contribution in [0.25, 0.3) is 11.1 Å². The number of carbonyl (C=O) groups is 2. The second kappa shape index (κ2) is 20.2. The Balaban J connectivity index is 0.000000247. The number of hydrazone groups is 1. The van der Waals surface area contributed by atoms with Crippen molar-refractivity contribution in [3.63, 3.8) is 0 Å². The number of alkyl halides is 8. The lowest BCUT2D eigenvalue weighted by Gasteiger charge is -2.12. The third kappa shape index (κ3) is 13.5. The second-order valence-corrected chi connectivity index (χ2v) is 13.8. The minimum Gasteiger partial charge on any atom is -0.406 e. The molecule has 3 N–H and O–H groups in total. The van der Waals surface area contributed by atoms with Crippen LogP contribution in [0.4, 0.5) is 55.7 Å². The fourth-order valence-corrected chi connectivity index (χ4v) is 5.85. The Morgan fingerprint density at radius 3 is 2.19 bits per heavy atom. The highest BCUT2D eigenvalue weighted by molar-refractivity contribution is 6.42. The Bertz CT molecular complexity index is 2660. The number of aryl methyl sites for hydroxylation is 1. The van der Waals surface area contributed by atoms with E-state index in [1.807, 2.05) is 6.07 Å². The lowest BCUT2D eigenvalue weighted by Crippen LogP contribution is -2.26. The first kappa shape index (κ1) is 47.0. The molecule has 6 aromatic rings. The van der Waals surface area contributed by atoms with E-state index in [0.717, 1.165) is 47.1 Å². The van der Waals surface area contributed by atoms with Gasteiger partial charge in [0.05, 0.1) is 38.5 Å². The molecule has 3 amide bonds. The summed E-state index contributed by atoms with van der Waals surface area (Å²) in [6, 6.07) is 24.4. The predicted octanol–water partition coefficient (Wildman–Crippen LogP) is 12.0. The predicted molar refractivity (Wildman–Crippen MR) is 216 cm³/mol. The molecule has 0 fully saturated rings. The number of urea groups is 1. The largest absolute Gasteiger partial charge is 0.573 e. The number of nitriles is 1. The summed E-state index contributed by atoms with van der Waals surface area (Å²) in [5, 5.41) is 21.9. The van der Waals surface area contributed by atoms with Crippen molar-refractivity contribution >= 4 is 52.2 Å². The number of rotatable bonds is 10. The normalized spacial score (nSPS) is 11.6. The number of halogens is 11. The SMILES string of the molecule is Cn1cc(C(=O)Nc2ccc(F)cc2-c2ccc(Cl)c(Cl)c2)c(C(F)F)n1.N#Cc1ccc(C/C(=N\NC(=O)Nc2ccc(OC(F)(F)F)cc2)c2cccc(C(F)(F)F)c2)cc1. The Morgan fingerprint density at radius 1 is 0.873 bits per heavy atom. The molecule has 0 saturated carbocycles. The van der Waals surface area contributed by atoms with Crippen LogP contribution in [-0.4, -0.2) is 33.8 Å². The Labute approximate surface area is 361 Å². The standard InChI is InChI=1S/C24H16F6N4O2.C18H12Cl2F3N3O/c25-23(26,27)18-3-1-2-17(13-18)21(12-15-4-6-16(14-31)7-5-15)33-34-22(35)32-19-8-10-20(11-9-19)36-24(28,29)30;1-26-8-12(16(25-26)17(22)23)18(27)24-15-5-3-10(21)7-11(15)9-2-4-13(19)14(20)6-9/h1-11,13H,12H2,(H2,32,34,35);2-8,17H,1H3,(H,24,27)/b33-21+;. The number of anilines is 2. The topological polar surface area (TPSA) is 133 Å². The van der Waals surface area contributed by atoms with Gasteiger partial charge in [0, 0.05) is 36.6 Å². The van der Waals surface area contributed by atoms with Crippen LogP contribution in [0, 0.1) is 17.1 Å². The average Bonchev–Trinajstić information content (AvgIpc) is 3.64. The molecule has 21 heteroatoms. The number of nitrogens with one attached hydrogen (secondary N) is 3. The van der Waals surface area contributed by atoms with E-state index < -0.39 is 53.7 Å². The van der Waals surface area contributed by atoms with Crippen LogP contribution in [0.3, 0.4) is 0 Å². The summed E-state index contributed by atoms with van der Waals surface area (Å²) < 4.78 is 121. The highest BCUT2D eigenvalue weighted by Gasteiger charge is 2.32. The van der Waals surface area contributed by atoms with Gasteiger partial charge in [-0.05, 0) is 95.6 Å². The molecule has 1 aromatic heterocycles. The Morgan fingerprint density at radius 2 is 1.57 bits per heavy atom. The van der Waals surface area contributed by atoms with E-state index in [-0.39, 0.29) is 39.7 Å². The number of benzene rings is 5. The van der Waals surface area contributed by atoms with Crippen LogP contribution >= 0.6 is 23.2 Å². The van der Waals surface area contributed by atoms with Crippen molar-refractivity contribution in [2.24, 2.45) is 12.1 Å². The van der Waals surface area contributed by atoms with Gasteiger partial charge in [-0.25, -0.2) is 23.4 Å². The van der Waals surface area contributed by atoms with Crippen molar-refractivity contribution in [1.29, 1.82) is 5.26 Å². The number of amides is 3. The lowest BCUT2D eigenvalue weighted by atomic mass is 9.99. The van der Waals surface area contributed by atoms with Crippen molar-refractivity contribution in [2.45, 2.75) is 25.4 Å². The molecule has 0 unspecified atom stereocenters. The summed E-state index contributed by atoms with van der Waals surface area (Å²) in [5.74, 6) is -1.81. The molecular weight excluding hydrogens is 892 g/mol. The summed E-state index contributed by atoms with van der Waals surface area (Å²) in [6.07, 6.45) is -11.1. The zero-order valence-corrected chi connectivity index (χ0v) is 33.4. The molecule has 6 rings (SSSR count). The van der Waals surface area contributed by atoms with Gasteiger partial charge in [0.15, 0.2) is 0 Å². The van der Waals surface area contributed by atoms with E-state index in [1.54, 1.807) is 18.2 Å². The fourth-order valence-electron chi connectivity index (χ4n) is 5.55. The quantitative estimate of drug-likeness (QED) is 0.0715. The molecule has 1 heterocycles. The van der Waals surface area contributed by atoms with Crippen LogP contribution in [0.15, 0.2) is 120 Å². The number of nitrogens with zero attached hydrogens (tertiary/aromatic N) is 4. The van der Waals surface area contributed by atoms with Gasteiger partial charge in [0.2, 0.25) is 0 Å². The van der Waals surface area contributed by atoms with Crippen molar-refractivity contribution in [3.05, 3.63) is 165 Å². The van der Waals surface area contributed by atoms with Crippen LogP contribution < -0.4 is 20.8 Å². The molecule has 10 nitrogen and oxygen atoms in total. The first-order valence-corrected chi connectivity index (χ1v) is 18.5. The number of ether oxygens (including phenoxy) is 1. The second-order valence-electron chi connectivity index (χ2n) is 12.9. The molecule has 0 atom stereocenters. The summed E-state index contributed by atoms with van der Waals surface area (Å²) >= 11 is 11.9. The highest BCUT2D eigenvalue weighted by atomic mass is 35.5. The van der Waals surface area contributed by atoms with Crippen LogP contribution in [0.1, 0.15) is 44.7 Å². The minimum atomic E-state index is -4.87. The van der Waals surface area contributed by atoms with Crippen molar-refractivity contribution in [3.8, 4) is 22.9 Å². The maximum absolute atomic E-state index is 13.8. The third-order valence-corrected chi connectivity index (χ3v) is 9.12. The maximum Gasteiger partial charge on any atom is 0.573 e. The van der Waals surface area contributed by atoms with Gasteiger partial charge in [-0.2, -0.15) is 28.6 Å². The number of hydrogen-bond acceptors (Lipinski definition) is 6. The monoisotopic (exact) mass is 919 g/mol. The van der Waals surface area contributed by atoms with Gasteiger partial charge in [0.1, 0.15) is 17.3 Å². The van der Waals surface area contributed by atoms with Crippen molar-refractivity contribution < 1.29 is 53.8 Å². The molecule has 63 heavy (non-hydrogen) atoms. The van der Waals surface area contributed by atoms with Gasteiger partial charge < -0.3 is 15.4 Å². The summed E-state index contributed by atoms with van der Waals surface area (Å²) in [7, 11) is 1.43. The fraction of sp³-hybridized carbons (Fsp3) is 0.119. The van der Waals surface area contributed by atoms with E-state index in [0.29, 0.717) is 27.3 Å². The first-order chi connectivity index (χ1) is 29.7. The van der Waals surface area contributed by atoms with Crippen LogP contribution in [0.2, 0.25) is 10.0 Å². The number of carbonyl (C=O) groups excluding carboxylic acids is 2. The van der Waals surface area contributed by atoms with Gasteiger partial charge in [-0.3, -0.25) is 9.48 Å². The third-order valence-electron chi connectivity index (χ3n) is 8.38.